The predicted octanol–water partition coefficient (Wildman–Crippen LogP) is 1.12. The highest BCUT2D eigenvalue weighted by Gasteiger charge is 2.21. The molecule has 0 radical (unpaired) electrons. The maximum absolute atomic E-state index is 12.0. The maximum atomic E-state index is 12.0. The van der Waals surface area contributed by atoms with Crippen LogP contribution in [0.15, 0.2) is 24.3 Å². The van der Waals surface area contributed by atoms with Gasteiger partial charge in [-0.15, -0.1) is 0 Å². The summed E-state index contributed by atoms with van der Waals surface area (Å²) in [6.07, 6.45) is 1.97. The quantitative estimate of drug-likeness (QED) is 0.734. The summed E-state index contributed by atoms with van der Waals surface area (Å²) in [6, 6.07) is 7.34. The Bertz CT molecular complexity index is 387. The van der Waals surface area contributed by atoms with Gasteiger partial charge in [0.25, 0.3) is 0 Å². The lowest BCUT2D eigenvalue weighted by Crippen LogP contribution is -2.37. The van der Waals surface area contributed by atoms with Gasteiger partial charge in [-0.25, -0.2) is 0 Å². The Kier molecular flexibility index (Phi) is 4.12. The second-order valence-corrected chi connectivity index (χ2v) is 4.35. The summed E-state index contributed by atoms with van der Waals surface area (Å²) in [5, 5.41) is 15.3. The third-order valence-corrected chi connectivity index (χ3v) is 3.11. The van der Waals surface area contributed by atoms with Crippen molar-refractivity contribution in [1.29, 1.82) is 0 Å². The molecule has 1 aromatic rings. The molecular weight excluding hydrogens is 216 g/mol. The summed E-state index contributed by atoms with van der Waals surface area (Å²) >= 11 is 0. The normalized spacial score (nSPS) is 19.9. The van der Waals surface area contributed by atoms with Gasteiger partial charge in [-0.3, -0.25) is 4.79 Å². The molecule has 0 saturated carbocycles. The van der Waals surface area contributed by atoms with E-state index in [0.29, 0.717) is 5.69 Å². The minimum absolute atomic E-state index is 0.0375. The molecule has 1 amide bonds. The molecule has 1 aliphatic rings. The molecule has 1 saturated heterocycles. The van der Waals surface area contributed by atoms with Crippen molar-refractivity contribution in [3.05, 3.63) is 29.8 Å². The Hall–Kier alpha value is -1.39. The average molecular weight is 234 g/mol. The van der Waals surface area contributed by atoms with Gasteiger partial charge in [0.1, 0.15) is 0 Å². The molecule has 0 aliphatic carbocycles. The van der Waals surface area contributed by atoms with Crippen molar-refractivity contribution in [2.45, 2.75) is 19.4 Å². The molecule has 2 rings (SSSR count). The van der Waals surface area contributed by atoms with Crippen molar-refractivity contribution in [2.24, 2.45) is 5.92 Å². The number of aliphatic hydroxyl groups excluding tert-OH is 1. The molecule has 1 fully saturated rings. The van der Waals surface area contributed by atoms with Crippen LogP contribution in [-0.2, 0) is 11.4 Å². The van der Waals surface area contributed by atoms with Crippen LogP contribution in [0.2, 0.25) is 0 Å². The van der Waals surface area contributed by atoms with Crippen molar-refractivity contribution >= 4 is 11.6 Å². The summed E-state index contributed by atoms with van der Waals surface area (Å²) < 4.78 is 0. The summed E-state index contributed by atoms with van der Waals surface area (Å²) in [5.74, 6) is 0.0774. The van der Waals surface area contributed by atoms with Crippen molar-refractivity contribution in [2.75, 3.05) is 18.4 Å². The van der Waals surface area contributed by atoms with Gasteiger partial charge >= 0.3 is 0 Å². The van der Waals surface area contributed by atoms with Crippen LogP contribution in [0, 0.1) is 5.92 Å². The fourth-order valence-electron chi connectivity index (χ4n) is 2.09. The Morgan fingerprint density at radius 1 is 1.47 bits per heavy atom. The van der Waals surface area contributed by atoms with Crippen LogP contribution < -0.4 is 10.6 Å². The smallest absolute Gasteiger partial charge is 0.228 e. The first kappa shape index (κ1) is 12.1. The van der Waals surface area contributed by atoms with Gasteiger partial charge in [-0.05, 0) is 25.5 Å². The first-order chi connectivity index (χ1) is 8.31. The first-order valence-corrected chi connectivity index (χ1v) is 6.01. The molecule has 1 atom stereocenters. The van der Waals surface area contributed by atoms with Crippen LogP contribution in [0.25, 0.3) is 0 Å². The van der Waals surface area contributed by atoms with E-state index >= 15 is 0 Å². The molecule has 1 heterocycles. The SMILES string of the molecule is O=C(Nc1ccccc1CO)C1CCCNC1. The van der Waals surface area contributed by atoms with E-state index in [0.717, 1.165) is 31.5 Å². The number of hydrogen-bond acceptors (Lipinski definition) is 3. The Balaban J connectivity index is 2.01. The van der Waals surface area contributed by atoms with E-state index in [4.69, 9.17) is 0 Å². The van der Waals surface area contributed by atoms with Crippen molar-refractivity contribution in [3.63, 3.8) is 0 Å². The van der Waals surface area contributed by atoms with Crippen molar-refractivity contribution < 1.29 is 9.90 Å². The summed E-state index contributed by atoms with van der Waals surface area (Å²) in [7, 11) is 0. The van der Waals surface area contributed by atoms with Gasteiger partial charge in [-0.1, -0.05) is 18.2 Å². The number of hydrogen-bond donors (Lipinski definition) is 3. The lowest BCUT2D eigenvalue weighted by Gasteiger charge is -2.22. The van der Waals surface area contributed by atoms with Crippen LogP contribution in [0.4, 0.5) is 5.69 Å². The monoisotopic (exact) mass is 234 g/mol. The number of benzene rings is 1. The molecule has 0 spiro atoms. The fourth-order valence-corrected chi connectivity index (χ4v) is 2.09. The number of carbonyl (C=O) groups excluding carboxylic acids is 1. The largest absolute Gasteiger partial charge is 0.392 e. The molecule has 0 bridgehead atoms. The predicted molar refractivity (Wildman–Crippen MR) is 66.6 cm³/mol. The second kappa shape index (κ2) is 5.80. The minimum atomic E-state index is -0.0562. The van der Waals surface area contributed by atoms with Gasteiger partial charge in [0, 0.05) is 17.8 Å². The number of carbonyl (C=O) groups is 1. The molecular formula is C13H18N2O2. The number of aliphatic hydroxyl groups is 1. The van der Waals surface area contributed by atoms with Crippen LogP contribution in [-0.4, -0.2) is 24.1 Å². The molecule has 3 N–H and O–H groups in total. The number of rotatable bonds is 3. The van der Waals surface area contributed by atoms with E-state index in [1.165, 1.54) is 0 Å². The Labute approximate surface area is 101 Å². The van der Waals surface area contributed by atoms with E-state index in [1.54, 1.807) is 0 Å². The summed E-state index contributed by atoms with van der Waals surface area (Å²) in [5.41, 5.74) is 1.47. The van der Waals surface area contributed by atoms with Gasteiger partial charge in [-0.2, -0.15) is 0 Å². The number of piperidine rings is 1. The second-order valence-electron chi connectivity index (χ2n) is 4.35. The molecule has 1 aromatic carbocycles. The van der Waals surface area contributed by atoms with E-state index in [2.05, 4.69) is 10.6 Å². The van der Waals surface area contributed by atoms with Crippen LogP contribution >= 0.6 is 0 Å². The molecule has 1 aliphatic heterocycles. The lowest BCUT2D eigenvalue weighted by atomic mass is 9.98. The van der Waals surface area contributed by atoms with E-state index in [1.807, 2.05) is 24.3 Å². The average Bonchev–Trinajstić information content (AvgIpc) is 2.40. The van der Waals surface area contributed by atoms with E-state index in [-0.39, 0.29) is 18.4 Å². The highest BCUT2D eigenvalue weighted by atomic mass is 16.3. The molecule has 4 nitrogen and oxygen atoms in total. The fraction of sp³-hybridized carbons (Fsp3) is 0.462. The van der Waals surface area contributed by atoms with Gasteiger partial charge in [0.15, 0.2) is 0 Å². The topological polar surface area (TPSA) is 61.4 Å². The molecule has 92 valence electrons. The molecule has 0 aromatic heterocycles. The van der Waals surface area contributed by atoms with Crippen LogP contribution in [0.3, 0.4) is 0 Å². The van der Waals surface area contributed by atoms with Gasteiger partial charge in [0.2, 0.25) is 5.91 Å². The highest BCUT2D eigenvalue weighted by molar-refractivity contribution is 5.93. The highest BCUT2D eigenvalue weighted by Crippen LogP contribution is 2.18. The lowest BCUT2D eigenvalue weighted by molar-refractivity contribution is -0.120. The van der Waals surface area contributed by atoms with Crippen molar-refractivity contribution in [1.82, 2.24) is 5.32 Å². The maximum Gasteiger partial charge on any atom is 0.228 e. The standard InChI is InChI=1S/C13H18N2O2/c16-9-11-4-1-2-6-12(11)15-13(17)10-5-3-7-14-8-10/h1-2,4,6,10,14,16H,3,5,7-9H2,(H,15,17). The van der Waals surface area contributed by atoms with Crippen LogP contribution in [0.1, 0.15) is 18.4 Å². The Morgan fingerprint density at radius 3 is 3.00 bits per heavy atom. The number of amides is 1. The van der Waals surface area contributed by atoms with E-state index < -0.39 is 0 Å². The Morgan fingerprint density at radius 2 is 2.29 bits per heavy atom. The van der Waals surface area contributed by atoms with E-state index in [9.17, 15) is 9.90 Å². The first-order valence-electron chi connectivity index (χ1n) is 6.01. The number of para-hydroxylation sites is 1. The third-order valence-electron chi connectivity index (χ3n) is 3.11. The minimum Gasteiger partial charge on any atom is -0.392 e. The summed E-state index contributed by atoms with van der Waals surface area (Å²) in [4.78, 5) is 12.0. The van der Waals surface area contributed by atoms with Gasteiger partial charge in [0.05, 0.1) is 12.5 Å². The third kappa shape index (κ3) is 3.05. The molecule has 4 heteroatoms. The number of nitrogens with one attached hydrogen (secondary N) is 2. The van der Waals surface area contributed by atoms with Crippen molar-refractivity contribution in [3.8, 4) is 0 Å². The number of anilines is 1. The van der Waals surface area contributed by atoms with Crippen LogP contribution in [0.5, 0.6) is 0 Å². The molecule has 17 heavy (non-hydrogen) atoms. The zero-order valence-corrected chi connectivity index (χ0v) is 9.78. The van der Waals surface area contributed by atoms with Gasteiger partial charge < -0.3 is 15.7 Å². The zero-order chi connectivity index (χ0) is 12.1. The molecule has 1 unspecified atom stereocenters. The zero-order valence-electron chi connectivity index (χ0n) is 9.78. The summed E-state index contributed by atoms with van der Waals surface area (Å²) in [6.45, 7) is 1.68.